The zero-order valence-electron chi connectivity index (χ0n) is 13.0. The maximum Gasteiger partial charge on any atom is 0.268 e. The van der Waals surface area contributed by atoms with E-state index in [0.717, 1.165) is 10.9 Å². The van der Waals surface area contributed by atoms with Crippen LogP contribution in [0.5, 0.6) is 0 Å². The van der Waals surface area contributed by atoms with Gasteiger partial charge in [0.1, 0.15) is 5.76 Å². The second kappa shape index (κ2) is 5.59. The average Bonchev–Trinajstić information content (AvgIpc) is 2.95. The van der Waals surface area contributed by atoms with Crippen LogP contribution in [-0.2, 0) is 14.8 Å². The number of aryl methyl sites for hydroxylation is 1. The van der Waals surface area contributed by atoms with Crippen molar-refractivity contribution in [3.05, 3.63) is 72.4 Å². The summed E-state index contributed by atoms with van der Waals surface area (Å²) in [5.74, 6) is 0.430. The van der Waals surface area contributed by atoms with Crippen LogP contribution in [0.25, 0.3) is 16.7 Å². The highest BCUT2D eigenvalue weighted by Gasteiger charge is 2.22. The van der Waals surface area contributed by atoms with Crippen LogP contribution in [0.4, 0.5) is 0 Å². The SMILES string of the molecule is C=C(OC)c1cn(S(=O)(=O)c2ccc(C)cc2)c2ccccc12. The number of methoxy groups -OCH3 is 1. The van der Waals surface area contributed by atoms with Gasteiger partial charge in [0.25, 0.3) is 10.0 Å². The Bertz CT molecular complexity index is 983. The van der Waals surface area contributed by atoms with Crippen LogP contribution in [0.1, 0.15) is 11.1 Å². The highest BCUT2D eigenvalue weighted by molar-refractivity contribution is 7.90. The van der Waals surface area contributed by atoms with Gasteiger partial charge >= 0.3 is 0 Å². The Balaban J connectivity index is 2.27. The Morgan fingerprint density at radius 2 is 1.74 bits per heavy atom. The monoisotopic (exact) mass is 327 g/mol. The highest BCUT2D eigenvalue weighted by Crippen LogP contribution is 2.29. The molecule has 0 fully saturated rings. The third-order valence-electron chi connectivity index (χ3n) is 3.80. The summed E-state index contributed by atoms with van der Waals surface area (Å²) in [6.45, 7) is 5.76. The van der Waals surface area contributed by atoms with Crippen molar-refractivity contribution in [3.8, 4) is 0 Å². The van der Waals surface area contributed by atoms with Crippen molar-refractivity contribution in [2.45, 2.75) is 11.8 Å². The van der Waals surface area contributed by atoms with Crippen LogP contribution in [0, 0.1) is 6.92 Å². The van der Waals surface area contributed by atoms with E-state index in [-0.39, 0.29) is 4.90 Å². The molecule has 0 N–H and O–H groups in total. The number of ether oxygens (including phenoxy) is 1. The number of nitrogens with zero attached hydrogens (tertiary/aromatic N) is 1. The minimum Gasteiger partial charge on any atom is -0.497 e. The fourth-order valence-corrected chi connectivity index (χ4v) is 3.87. The molecule has 2 aromatic carbocycles. The Morgan fingerprint density at radius 3 is 2.39 bits per heavy atom. The molecule has 0 radical (unpaired) electrons. The predicted octanol–water partition coefficient (Wildman–Crippen LogP) is 3.80. The van der Waals surface area contributed by atoms with Crippen molar-refractivity contribution in [1.29, 1.82) is 0 Å². The first-order valence-electron chi connectivity index (χ1n) is 7.11. The molecule has 0 unspecified atom stereocenters. The Labute approximate surface area is 135 Å². The number of aromatic nitrogens is 1. The number of fused-ring (bicyclic) bond motifs is 1. The fraction of sp³-hybridized carbons (Fsp3) is 0.111. The summed E-state index contributed by atoms with van der Waals surface area (Å²) in [5, 5.41) is 0.787. The second-order valence-electron chi connectivity index (χ2n) is 5.30. The lowest BCUT2D eigenvalue weighted by Gasteiger charge is -2.07. The lowest BCUT2D eigenvalue weighted by atomic mass is 10.1. The topological polar surface area (TPSA) is 48.3 Å². The van der Waals surface area contributed by atoms with Crippen LogP contribution in [0.15, 0.2) is 66.2 Å². The van der Waals surface area contributed by atoms with Crippen LogP contribution in [0.2, 0.25) is 0 Å². The number of rotatable bonds is 4. The van der Waals surface area contributed by atoms with Gasteiger partial charge < -0.3 is 4.74 Å². The van der Waals surface area contributed by atoms with Crippen molar-refractivity contribution < 1.29 is 13.2 Å². The van der Waals surface area contributed by atoms with Gasteiger partial charge in [0.2, 0.25) is 0 Å². The molecule has 0 spiro atoms. The number of para-hydroxylation sites is 1. The summed E-state index contributed by atoms with van der Waals surface area (Å²) in [5.41, 5.74) is 2.27. The molecular formula is C18H17NO3S. The molecular weight excluding hydrogens is 310 g/mol. The smallest absolute Gasteiger partial charge is 0.268 e. The molecule has 3 aromatic rings. The lowest BCUT2D eigenvalue weighted by Crippen LogP contribution is -2.11. The molecule has 23 heavy (non-hydrogen) atoms. The van der Waals surface area contributed by atoms with Gasteiger partial charge in [-0.05, 0) is 25.1 Å². The van der Waals surface area contributed by atoms with Gasteiger partial charge in [0, 0.05) is 17.1 Å². The molecule has 0 atom stereocenters. The predicted molar refractivity (Wildman–Crippen MR) is 91.7 cm³/mol. The molecule has 0 saturated heterocycles. The normalized spacial score (nSPS) is 11.6. The van der Waals surface area contributed by atoms with Crippen LogP contribution < -0.4 is 0 Å². The van der Waals surface area contributed by atoms with Crippen molar-refractivity contribution in [3.63, 3.8) is 0 Å². The van der Waals surface area contributed by atoms with Gasteiger partial charge in [0.05, 0.1) is 17.5 Å². The van der Waals surface area contributed by atoms with Gasteiger partial charge in [-0.1, -0.05) is 42.5 Å². The lowest BCUT2D eigenvalue weighted by molar-refractivity contribution is 0.372. The summed E-state index contributed by atoms with van der Waals surface area (Å²) in [6.07, 6.45) is 1.56. The number of hydrogen-bond acceptors (Lipinski definition) is 3. The van der Waals surface area contributed by atoms with E-state index in [1.807, 2.05) is 25.1 Å². The summed E-state index contributed by atoms with van der Waals surface area (Å²) in [7, 11) is -2.17. The van der Waals surface area contributed by atoms with E-state index in [4.69, 9.17) is 4.74 Å². The average molecular weight is 327 g/mol. The minimum absolute atomic E-state index is 0.249. The van der Waals surface area contributed by atoms with E-state index in [9.17, 15) is 8.42 Å². The van der Waals surface area contributed by atoms with Crippen molar-refractivity contribution in [2.75, 3.05) is 7.11 Å². The Hall–Kier alpha value is -2.53. The van der Waals surface area contributed by atoms with Crippen LogP contribution >= 0.6 is 0 Å². The molecule has 1 aromatic heterocycles. The standard InChI is InChI=1S/C18H17NO3S/c1-13-8-10-15(11-9-13)23(20,21)19-12-17(14(2)22-3)16-6-4-5-7-18(16)19/h4-12H,2H2,1,3H3. The van der Waals surface area contributed by atoms with Gasteiger partial charge in [-0.25, -0.2) is 12.4 Å². The Morgan fingerprint density at radius 1 is 1.09 bits per heavy atom. The molecule has 3 rings (SSSR count). The first-order chi connectivity index (χ1) is 10.9. The largest absolute Gasteiger partial charge is 0.497 e. The zero-order chi connectivity index (χ0) is 16.6. The second-order valence-corrected chi connectivity index (χ2v) is 7.12. The van der Waals surface area contributed by atoms with E-state index in [1.54, 1.807) is 36.5 Å². The van der Waals surface area contributed by atoms with Crippen molar-refractivity contribution in [2.24, 2.45) is 0 Å². The van der Waals surface area contributed by atoms with E-state index >= 15 is 0 Å². The molecule has 118 valence electrons. The van der Waals surface area contributed by atoms with E-state index < -0.39 is 10.0 Å². The molecule has 0 aliphatic rings. The van der Waals surface area contributed by atoms with Gasteiger partial charge in [-0.2, -0.15) is 0 Å². The minimum atomic E-state index is -3.68. The molecule has 0 bridgehead atoms. The maximum absolute atomic E-state index is 13.0. The Kier molecular flexibility index (Phi) is 3.74. The fourth-order valence-electron chi connectivity index (χ4n) is 2.50. The number of hydrogen-bond donors (Lipinski definition) is 0. The van der Waals surface area contributed by atoms with Gasteiger partial charge in [0.15, 0.2) is 0 Å². The third kappa shape index (κ3) is 2.53. The number of benzene rings is 2. The van der Waals surface area contributed by atoms with Crippen LogP contribution in [-0.4, -0.2) is 19.5 Å². The molecule has 4 nitrogen and oxygen atoms in total. The van der Waals surface area contributed by atoms with Gasteiger partial charge in [-0.3, -0.25) is 0 Å². The molecule has 1 heterocycles. The van der Waals surface area contributed by atoms with Crippen LogP contribution in [0.3, 0.4) is 0 Å². The summed E-state index contributed by atoms with van der Waals surface area (Å²) in [4.78, 5) is 0.249. The summed E-state index contributed by atoms with van der Waals surface area (Å²) in [6, 6.07) is 14.1. The molecule has 0 aliphatic heterocycles. The molecule has 0 saturated carbocycles. The highest BCUT2D eigenvalue weighted by atomic mass is 32.2. The van der Waals surface area contributed by atoms with Gasteiger partial charge in [-0.15, -0.1) is 0 Å². The molecule has 0 aliphatic carbocycles. The molecule has 5 heteroatoms. The van der Waals surface area contributed by atoms with E-state index in [2.05, 4.69) is 6.58 Å². The maximum atomic E-state index is 13.0. The summed E-state index contributed by atoms with van der Waals surface area (Å²) < 4.78 is 32.4. The van der Waals surface area contributed by atoms with E-state index in [1.165, 1.54) is 11.1 Å². The zero-order valence-corrected chi connectivity index (χ0v) is 13.8. The van der Waals surface area contributed by atoms with Crippen molar-refractivity contribution in [1.82, 2.24) is 3.97 Å². The van der Waals surface area contributed by atoms with Crippen molar-refractivity contribution >= 4 is 26.7 Å². The summed E-state index contributed by atoms with van der Waals surface area (Å²) >= 11 is 0. The van der Waals surface area contributed by atoms with E-state index in [0.29, 0.717) is 16.8 Å². The quantitative estimate of drug-likeness (QED) is 0.685. The molecule has 0 amide bonds. The first kappa shape index (κ1) is 15.4. The first-order valence-corrected chi connectivity index (χ1v) is 8.55. The third-order valence-corrected chi connectivity index (χ3v) is 5.49.